The summed E-state index contributed by atoms with van der Waals surface area (Å²) in [5.74, 6) is -0.324. The number of benzene rings is 2. The van der Waals surface area contributed by atoms with Gasteiger partial charge in [0.15, 0.2) is 0 Å². The maximum Gasteiger partial charge on any atom is 0.243 e. The summed E-state index contributed by atoms with van der Waals surface area (Å²) in [6, 6.07) is 10.4. The third kappa shape index (κ3) is 5.56. The topological polar surface area (TPSA) is 75.7 Å². The number of amides is 1. The molecule has 0 aliphatic carbocycles. The van der Waals surface area contributed by atoms with E-state index in [1.165, 1.54) is 28.6 Å². The number of nitrogens with one attached hydrogen (secondary N) is 1. The SMILES string of the molecule is CCOc1ccc(S(=O)(=O)N2CCC(C(=O)NC(C)c3ccc(F)c(Cl)c3)CC2)cc1. The Kier molecular flexibility index (Phi) is 7.56. The van der Waals surface area contributed by atoms with Crippen molar-refractivity contribution < 1.29 is 22.3 Å². The largest absolute Gasteiger partial charge is 0.494 e. The van der Waals surface area contributed by atoms with Gasteiger partial charge in [0.05, 0.1) is 22.6 Å². The van der Waals surface area contributed by atoms with Crippen molar-refractivity contribution in [2.75, 3.05) is 19.7 Å². The maximum atomic E-state index is 13.3. The lowest BCUT2D eigenvalue weighted by molar-refractivity contribution is -0.126. The van der Waals surface area contributed by atoms with Crippen LogP contribution in [0.3, 0.4) is 0 Å². The van der Waals surface area contributed by atoms with E-state index in [-0.39, 0.29) is 40.9 Å². The predicted molar refractivity (Wildman–Crippen MR) is 117 cm³/mol. The van der Waals surface area contributed by atoms with Crippen LogP contribution in [0.25, 0.3) is 0 Å². The molecule has 1 aliphatic rings. The average Bonchev–Trinajstić information content (AvgIpc) is 2.76. The van der Waals surface area contributed by atoms with E-state index in [9.17, 15) is 17.6 Å². The molecule has 0 saturated carbocycles. The molecule has 6 nitrogen and oxygen atoms in total. The Morgan fingerprint density at radius 2 is 1.87 bits per heavy atom. The summed E-state index contributed by atoms with van der Waals surface area (Å²) in [7, 11) is -3.62. The second-order valence-corrected chi connectivity index (χ2v) is 9.83. The second kappa shape index (κ2) is 9.97. The van der Waals surface area contributed by atoms with Crippen LogP contribution in [0.15, 0.2) is 47.4 Å². The summed E-state index contributed by atoms with van der Waals surface area (Å²) >= 11 is 5.82. The lowest BCUT2D eigenvalue weighted by Crippen LogP contribution is -2.43. The summed E-state index contributed by atoms with van der Waals surface area (Å²) in [4.78, 5) is 12.9. The molecule has 1 fully saturated rings. The van der Waals surface area contributed by atoms with Gasteiger partial charge in [-0.05, 0) is 68.7 Å². The fourth-order valence-electron chi connectivity index (χ4n) is 3.58. The summed E-state index contributed by atoms with van der Waals surface area (Å²) in [5, 5.41) is 2.92. The van der Waals surface area contributed by atoms with Crippen LogP contribution in [0.5, 0.6) is 5.75 Å². The van der Waals surface area contributed by atoms with Gasteiger partial charge < -0.3 is 10.1 Å². The molecular weight excluding hydrogens is 443 g/mol. The van der Waals surface area contributed by atoms with Crippen molar-refractivity contribution >= 4 is 27.5 Å². The molecule has 0 radical (unpaired) electrons. The Morgan fingerprint density at radius 3 is 2.45 bits per heavy atom. The van der Waals surface area contributed by atoms with Gasteiger partial charge in [0.25, 0.3) is 0 Å². The summed E-state index contributed by atoms with van der Waals surface area (Å²) in [6.07, 6.45) is 0.859. The standard InChI is InChI=1S/C22H26ClFN2O4S/c1-3-30-18-5-7-19(8-6-18)31(28,29)26-12-10-16(11-13-26)22(27)25-15(2)17-4-9-21(24)20(23)14-17/h4-9,14-16H,3,10-13H2,1-2H3,(H,25,27). The van der Waals surface area contributed by atoms with E-state index in [4.69, 9.17) is 16.3 Å². The van der Waals surface area contributed by atoms with Crippen LogP contribution < -0.4 is 10.1 Å². The Bertz CT molecular complexity index is 1020. The van der Waals surface area contributed by atoms with Crippen LogP contribution in [-0.4, -0.2) is 38.3 Å². The molecule has 0 spiro atoms. The molecule has 168 valence electrons. The van der Waals surface area contributed by atoms with Crippen LogP contribution in [0.1, 0.15) is 38.3 Å². The van der Waals surface area contributed by atoms with E-state index in [1.54, 1.807) is 25.1 Å². The zero-order chi connectivity index (χ0) is 22.6. The van der Waals surface area contributed by atoms with E-state index in [1.807, 2.05) is 6.92 Å². The first-order valence-electron chi connectivity index (χ1n) is 10.2. The minimum atomic E-state index is -3.62. The number of nitrogens with zero attached hydrogens (tertiary/aromatic N) is 1. The Labute approximate surface area is 187 Å². The molecular formula is C22H26ClFN2O4S. The fourth-order valence-corrected chi connectivity index (χ4v) is 5.24. The predicted octanol–water partition coefficient (Wildman–Crippen LogP) is 4.16. The van der Waals surface area contributed by atoms with Gasteiger partial charge in [0.1, 0.15) is 11.6 Å². The number of rotatable bonds is 7. The van der Waals surface area contributed by atoms with Crippen LogP contribution in [0.2, 0.25) is 5.02 Å². The lowest BCUT2D eigenvalue weighted by Gasteiger charge is -2.31. The van der Waals surface area contributed by atoms with Crippen molar-refractivity contribution in [1.82, 2.24) is 9.62 Å². The van der Waals surface area contributed by atoms with E-state index in [0.717, 1.165) is 0 Å². The van der Waals surface area contributed by atoms with E-state index < -0.39 is 15.8 Å². The van der Waals surface area contributed by atoms with Gasteiger partial charge >= 0.3 is 0 Å². The summed E-state index contributed by atoms with van der Waals surface area (Å²) in [6.45, 7) is 4.71. The van der Waals surface area contributed by atoms with Gasteiger partial charge in [-0.3, -0.25) is 4.79 Å². The van der Waals surface area contributed by atoms with Crippen molar-refractivity contribution in [2.45, 2.75) is 37.6 Å². The monoisotopic (exact) mass is 468 g/mol. The first-order valence-corrected chi connectivity index (χ1v) is 12.0. The highest BCUT2D eigenvalue weighted by atomic mass is 35.5. The molecule has 1 saturated heterocycles. The number of ether oxygens (including phenoxy) is 1. The van der Waals surface area contributed by atoms with Gasteiger partial charge in [-0.15, -0.1) is 0 Å². The molecule has 9 heteroatoms. The third-order valence-electron chi connectivity index (χ3n) is 5.40. The number of hydrogen-bond donors (Lipinski definition) is 1. The second-order valence-electron chi connectivity index (χ2n) is 7.49. The van der Waals surface area contributed by atoms with Gasteiger partial charge in [0.2, 0.25) is 15.9 Å². The van der Waals surface area contributed by atoms with Gasteiger partial charge in [-0.1, -0.05) is 17.7 Å². The summed E-state index contributed by atoms with van der Waals surface area (Å²) < 4.78 is 45.9. The normalized spacial score (nSPS) is 16.6. The number of carbonyl (C=O) groups is 1. The van der Waals surface area contributed by atoms with E-state index in [2.05, 4.69) is 5.32 Å². The van der Waals surface area contributed by atoms with Crippen molar-refractivity contribution in [3.8, 4) is 5.75 Å². The van der Waals surface area contributed by atoms with Crippen LogP contribution in [0, 0.1) is 11.7 Å². The van der Waals surface area contributed by atoms with E-state index in [0.29, 0.717) is 30.8 Å². The number of carbonyl (C=O) groups excluding carboxylic acids is 1. The molecule has 2 aromatic rings. The minimum absolute atomic E-state index is 0.00593. The van der Waals surface area contributed by atoms with Crippen molar-refractivity contribution in [3.05, 3.63) is 58.9 Å². The smallest absolute Gasteiger partial charge is 0.243 e. The molecule has 1 N–H and O–H groups in total. The van der Waals surface area contributed by atoms with Gasteiger partial charge in [-0.2, -0.15) is 4.31 Å². The highest BCUT2D eigenvalue weighted by Gasteiger charge is 2.32. The first kappa shape index (κ1) is 23.5. The lowest BCUT2D eigenvalue weighted by atomic mass is 9.96. The molecule has 2 aromatic carbocycles. The molecule has 1 heterocycles. The van der Waals surface area contributed by atoms with Crippen molar-refractivity contribution in [3.63, 3.8) is 0 Å². The Morgan fingerprint density at radius 1 is 1.23 bits per heavy atom. The van der Waals surface area contributed by atoms with Crippen molar-refractivity contribution in [1.29, 1.82) is 0 Å². The van der Waals surface area contributed by atoms with Crippen LogP contribution in [0.4, 0.5) is 4.39 Å². The number of hydrogen-bond acceptors (Lipinski definition) is 4. The van der Waals surface area contributed by atoms with Crippen LogP contribution >= 0.6 is 11.6 Å². The fraction of sp³-hybridized carbons (Fsp3) is 0.409. The average molecular weight is 469 g/mol. The number of piperidine rings is 1. The first-order chi connectivity index (χ1) is 14.7. The maximum absolute atomic E-state index is 13.3. The Hall–Kier alpha value is -2.16. The van der Waals surface area contributed by atoms with Gasteiger partial charge in [0, 0.05) is 19.0 Å². The molecule has 1 atom stereocenters. The number of halogens is 2. The highest BCUT2D eigenvalue weighted by Crippen LogP contribution is 2.26. The van der Waals surface area contributed by atoms with Crippen molar-refractivity contribution in [2.24, 2.45) is 5.92 Å². The third-order valence-corrected chi connectivity index (χ3v) is 7.60. The van der Waals surface area contributed by atoms with E-state index >= 15 is 0 Å². The highest BCUT2D eigenvalue weighted by molar-refractivity contribution is 7.89. The quantitative estimate of drug-likeness (QED) is 0.662. The molecule has 0 aromatic heterocycles. The molecule has 0 bridgehead atoms. The number of sulfonamides is 1. The minimum Gasteiger partial charge on any atom is -0.494 e. The molecule has 3 rings (SSSR count). The molecule has 1 aliphatic heterocycles. The molecule has 1 amide bonds. The molecule has 1 unspecified atom stereocenters. The Balaban J connectivity index is 1.57. The van der Waals surface area contributed by atoms with Gasteiger partial charge in [-0.25, -0.2) is 12.8 Å². The van der Waals surface area contributed by atoms with Crippen LogP contribution in [-0.2, 0) is 14.8 Å². The molecule has 31 heavy (non-hydrogen) atoms. The zero-order valence-corrected chi connectivity index (χ0v) is 19.0. The zero-order valence-electron chi connectivity index (χ0n) is 17.5. The summed E-state index contributed by atoms with van der Waals surface area (Å²) in [5.41, 5.74) is 0.704.